The number of carbonyl (C=O) groups is 1. The van der Waals surface area contributed by atoms with Crippen LogP contribution >= 0.6 is 11.6 Å². The second-order valence-electron chi connectivity index (χ2n) is 2.98. The number of alkyl halides is 10. The first-order chi connectivity index (χ1) is 7.57. The van der Waals surface area contributed by atoms with Crippen LogP contribution in [0, 0.1) is 5.92 Å². The summed E-state index contributed by atoms with van der Waals surface area (Å²) in [5.41, 5.74) is 0. The van der Waals surface area contributed by atoms with Crippen molar-refractivity contribution in [2.24, 2.45) is 5.92 Å². The average molecular weight is 315 g/mol. The third kappa shape index (κ3) is 2.81. The van der Waals surface area contributed by atoms with E-state index in [0.29, 0.717) is 0 Å². The minimum atomic E-state index is -6.79. The first-order valence-corrected chi connectivity index (χ1v) is 4.03. The van der Waals surface area contributed by atoms with Crippen molar-refractivity contribution in [2.45, 2.75) is 24.2 Å². The fourth-order valence-corrected chi connectivity index (χ4v) is 1.11. The number of hydrogen-bond acceptors (Lipinski definition) is 1. The Labute approximate surface area is 96.7 Å². The van der Waals surface area contributed by atoms with E-state index in [2.05, 4.69) is 11.6 Å². The van der Waals surface area contributed by atoms with Crippen molar-refractivity contribution in [2.75, 3.05) is 0 Å². The van der Waals surface area contributed by atoms with Crippen molar-refractivity contribution in [3.8, 4) is 0 Å². The van der Waals surface area contributed by atoms with E-state index >= 15 is 0 Å². The molecule has 108 valence electrons. The van der Waals surface area contributed by atoms with Gasteiger partial charge in [0.1, 0.15) is 0 Å². The lowest BCUT2D eigenvalue weighted by Gasteiger charge is -2.32. The Morgan fingerprint density at radius 3 is 1.06 bits per heavy atom. The average Bonchev–Trinajstić information content (AvgIpc) is 1.96. The van der Waals surface area contributed by atoms with Gasteiger partial charge >= 0.3 is 24.2 Å². The molecule has 0 saturated heterocycles. The highest BCUT2D eigenvalue weighted by atomic mass is 35.5. The zero-order valence-corrected chi connectivity index (χ0v) is 8.40. The van der Waals surface area contributed by atoms with Crippen LogP contribution < -0.4 is 0 Å². The highest BCUT2D eigenvalue weighted by Gasteiger charge is 2.78. The summed E-state index contributed by atoms with van der Waals surface area (Å²) in [7, 11) is 0. The van der Waals surface area contributed by atoms with E-state index in [1.165, 1.54) is 0 Å². The van der Waals surface area contributed by atoms with Crippen LogP contribution in [0.5, 0.6) is 0 Å². The van der Waals surface area contributed by atoms with Gasteiger partial charge in [-0.25, -0.2) is 0 Å². The van der Waals surface area contributed by atoms with Crippen LogP contribution in [-0.4, -0.2) is 29.4 Å². The van der Waals surface area contributed by atoms with Gasteiger partial charge in [-0.15, -0.1) is 0 Å². The number of rotatable bonds is 3. The Kier molecular flexibility index (Phi) is 4.24. The molecule has 0 N–H and O–H groups in total. The fourth-order valence-electron chi connectivity index (χ4n) is 0.840. The summed E-state index contributed by atoms with van der Waals surface area (Å²) < 4.78 is 120. The van der Waals surface area contributed by atoms with Gasteiger partial charge < -0.3 is 0 Å². The summed E-state index contributed by atoms with van der Waals surface area (Å²) in [5.74, 6) is -18.4. The van der Waals surface area contributed by atoms with E-state index in [1.54, 1.807) is 0 Å². The zero-order chi connectivity index (χ0) is 15.2. The van der Waals surface area contributed by atoms with Crippen LogP contribution in [0.25, 0.3) is 0 Å². The molecule has 0 rings (SSSR count). The summed E-state index contributed by atoms with van der Waals surface area (Å²) in [4.78, 5) is 10.1. The SMILES string of the molecule is O=C(Cl)C(C(F)(F)C(F)(F)F)C(F)(F)C(F)(F)F. The molecule has 0 aliphatic rings. The van der Waals surface area contributed by atoms with Crippen LogP contribution in [0.1, 0.15) is 0 Å². The third-order valence-corrected chi connectivity index (χ3v) is 1.93. The molecular formula is C6HClF10O. The van der Waals surface area contributed by atoms with Gasteiger partial charge in [0.05, 0.1) is 0 Å². The molecule has 0 bridgehead atoms. The van der Waals surface area contributed by atoms with Gasteiger partial charge in [0, 0.05) is 0 Å². The third-order valence-electron chi connectivity index (χ3n) is 1.71. The first-order valence-electron chi connectivity index (χ1n) is 3.65. The second kappa shape index (κ2) is 4.42. The summed E-state index contributed by atoms with van der Waals surface area (Å²) in [5, 5.41) is -3.15. The minimum Gasteiger partial charge on any atom is -0.280 e. The number of hydrogen-bond donors (Lipinski definition) is 0. The molecule has 0 spiro atoms. The molecule has 18 heavy (non-hydrogen) atoms. The first kappa shape index (κ1) is 17.3. The molecule has 0 aromatic heterocycles. The van der Waals surface area contributed by atoms with Crippen LogP contribution in [0.4, 0.5) is 43.9 Å². The standard InChI is InChI=1S/C6HClF10O/c7-2(18)1(3(8,9)5(12,13)14)4(10,11)6(15,16)17/h1H. The van der Waals surface area contributed by atoms with Crippen molar-refractivity contribution < 1.29 is 48.7 Å². The summed E-state index contributed by atoms with van der Waals surface area (Å²) in [6, 6.07) is 0. The predicted octanol–water partition coefficient (Wildman–Crippen LogP) is 3.76. The van der Waals surface area contributed by atoms with Crippen LogP contribution in [0.2, 0.25) is 0 Å². The van der Waals surface area contributed by atoms with Crippen molar-refractivity contribution in [3.05, 3.63) is 0 Å². The normalized spacial score (nSPS) is 15.1. The predicted molar refractivity (Wildman–Crippen MR) is 36.4 cm³/mol. The molecular weight excluding hydrogens is 313 g/mol. The van der Waals surface area contributed by atoms with Gasteiger partial charge in [0.2, 0.25) is 5.24 Å². The summed E-state index contributed by atoms with van der Waals surface area (Å²) in [6.45, 7) is 0. The van der Waals surface area contributed by atoms with E-state index < -0.39 is 35.4 Å². The summed E-state index contributed by atoms with van der Waals surface area (Å²) in [6.07, 6.45) is -13.6. The molecule has 0 aliphatic carbocycles. The highest BCUT2D eigenvalue weighted by molar-refractivity contribution is 6.64. The zero-order valence-electron chi connectivity index (χ0n) is 7.64. The van der Waals surface area contributed by atoms with E-state index in [-0.39, 0.29) is 0 Å². The van der Waals surface area contributed by atoms with Gasteiger partial charge in [-0.05, 0) is 11.6 Å². The van der Waals surface area contributed by atoms with Gasteiger partial charge in [-0.1, -0.05) is 0 Å². The van der Waals surface area contributed by atoms with Crippen molar-refractivity contribution in [1.82, 2.24) is 0 Å². The molecule has 0 aliphatic heterocycles. The van der Waals surface area contributed by atoms with Gasteiger partial charge in [0.25, 0.3) is 0 Å². The Balaban J connectivity index is 5.85. The van der Waals surface area contributed by atoms with Gasteiger partial charge in [-0.3, -0.25) is 4.79 Å². The minimum absolute atomic E-state index is 3.15. The van der Waals surface area contributed by atoms with E-state index in [4.69, 9.17) is 0 Å². The monoisotopic (exact) mass is 314 g/mol. The maximum atomic E-state index is 12.5. The van der Waals surface area contributed by atoms with Gasteiger partial charge in [0.15, 0.2) is 5.92 Å². The lowest BCUT2D eigenvalue weighted by Crippen LogP contribution is -2.58. The lowest BCUT2D eigenvalue weighted by molar-refractivity contribution is -0.362. The van der Waals surface area contributed by atoms with Crippen LogP contribution in [0.15, 0.2) is 0 Å². The molecule has 0 fully saturated rings. The Morgan fingerprint density at radius 2 is 0.944 bits per heavy atom. The molecule has 0 saturated carbocycles. The smallest absolute Gasteiger partial charge is 0.280 e. The Morgan fingerprint density at radius 1 is 0.722 bits per heavy atom. The highest BCUT2D eigenvalue weighted by Crippen LogP contribution is 2.53. The van der Waals surface area contributed by atoms with Gasteiger partial charge in [-0.2, -0.15) is 43.9 Å². The summed E-state index contributed by atoms with van der Waals surface area (Å²) >= 11 is 4.03. The van der Waals surface area contributed by atoms with E-state index in [1.807, 2.05) is 0 Å². The van der Waals surface area contributed by atoms with Crippen LogP contribution in [0.3, 0.4) is 0 Å². The maximum absolute atomic E-state index is 12.5. The lowest BCUT2D eigenvalue weighted by atomic mass is 9.94. The quantitative estimate of drug-likeness (QED) is 0.572. The second-order valence-corrected chi connectivity index (χ2v) is 3.35. The number of halogens is 11. The molecule has 0 unspecified atom stereocenters. The maximum Gasteiger partial charge on any atom is 0.454 e. The molecule has 12 heteroatoms. The largest absolute Gasteiger partial charge is 0.454 e. The molecule has 1 nitrogen and oxygen atoms in total. The Hall–Kier alpha value is -0.740. The number of carbonyl (C=O) groups excluding carboxylic acids is 1. The molecule has 0 amide bonds. The molecule has 0 aromatic carbocycles. The van der Waals surface area contributed by atoms with Crippen molar-refractivity contribution in [3.63, 3.8) is 0 Å². The van der Waals surface area contributed by atoms with E-state index in [0.717, 1.165) is 0 Å². The Bertz CT molecular complexity index is 302. The molecule has 0 aromatic rings. The molecule has 0 radical (unpaired) electrons. The van der Waals surface area contributed by atoms with E-state index in [9.17, 15) is 48.7 Å². The topological polar surface area (TPSA) is 17.1 Å². The van der Waals surface area contributed by atoms with Crippen LogP contribution in [-0.2, 0) is 4.79 Å². The molecule has 0 heterocycles. The fraction of sp³-hybridized carbons (Fsp3) is 0.833. The van der Waals surface area contributed by atoms with Crippen molar-refractivity contribution >= 4 is 16.8 Å². The van der Waals surface area contributed by atoms with Crippen molar-refractivity contribution in [1.29, 1.82) is 0 Å². The molecule has 0 atom stereocenters.